The van der Waals surface area contributed by atoms with Crippen LogP contribution >= 0.6 is 0 Å². The highest BCUT2D eigenvalue weighted by molar-refractivity contribution is 5.80. The molecular formula is C23H38N4O2. The molecule has 0 spiro atoms. The number of nitrogens with zero attached hydrogens (tertiary/aromatic N) is 2. The molecule has 1 aliphatic heterocycles. The molecule has 1 aliphatic carbocycles. The lowest BCUT2D eigenvalue weighted by Gasteiger charge is -2.34. The second kappa shape index (κ2) is 10.8. The van der Waals surface area contributed by atoms with E-state index in [-0.39, 0.29) is 5.41 Å². The number of guanidine groups is 1. The van der Waals surface area contributed by atoms with Crippen LogP contribution in [0.25, 0.3) is 0 Å². The van der Waals surface area contributed by atoms with Gasteiger partial charge in [-0.25, -0.2) is 0 Å². The van der Waals surface area contributed by atoms with Gasteiger partial charge in [-0.3, -0.25) is 4.99 Å². The zero-order valence-corrected chi connectivity index (χ0v) is 18.4. The number of rotatable bonds is 8. The van der Waals surface area contributed by atoms with Gasteiger partial charge < -0.3 is 25.0 Å². The molecule has 0 atom stereocenters. The third-order valence-electron chi connectivity index (χ3n) is 6.60. The Balaban J connectivity index is 1.55. The summed E-state index contributed by atoms with van der Waals surface area (Å²) in [5.41, 5.74) is 1.54. The Morgan fingerprint density at radius 3 is 2.62 bits per heavy atom. The summed E-state index contributed by atoms with van der Waals surface area (Å²) in [7, 11) is 5.38. The van der Waals surface area contributed by atoms with Crippen molar-refractivity contribution in [2.45, 2.75) is 50.0 Å². The summed E-state index contributed by atoms with van der Waals surface area (Å²) in [5, 5.41) is 7.30. The van der Waals surface area contributed by atoms with Gasteiger partial charge in [0.15, 0.2) is 5.96 Å². The van der Waals surface area contributed by atoms with Crippen molar-refractivity contribution in [2.75, 3.05) is 54.1 Å². The molecule has 1 saturated carbocycles. The van der Waals surface area contributed by atoms with Crippen LogP contribution in [0.1, 0.15) is 44.1 Å². The molecule has 1 aromatic carbocycles. The molecule has 0 amide bonds. The van der Waals surface area contributed by atoms with Crippen molar-refractivity contribution >= 4 is 5.96 Å². The minimum absolute atomic E-state index is 0.162. The van der Waals surface area contributed by atoms with Crippen LogP contribution in [0.3, 0.4) is 0 Å². The predicted octanol–water partition coefficient (Wildman–Crippen LogP) is 2.78. The standard InChI is InChI=1S/C23H38N4O2/c1-24-22(26-20-9-13-27(14-10-20)15-16-28-2)25-18-23(11-4-5-12-23)19-7-6-8-21(17-19)29-3/h6-8,17,20H,4-5,9-16,18H2,1-3H3,(H2,24,25,26). The van der Waals surface area contributed by atoms with Crippen LogP contribution in [0.5, 0.6) is 5.75 Å². The number of likely N-dealkylation sites (tertiary alicyclic amines) is 1. The molecule has 2 aliphatic rings. The van der Waals surface area contributed by atoms with Crippen molar-refractivity contribution in [3.8, 4) is 5.75 Å². The predicted molar refractivity (Wildman–Crippen MR) is 119 cm³/mol. The molecule has 6 nitrogen and oxygen atoms in total. The Kier molecular flexibility index (Phi) is 8.19. The average Bonchev–Trinajstić information content (AvgIpc) is 3.26. The quantitative estimate of drug-likeness (QED) is 0.517. The first-order chi connectivity index (χ1) is 14.2. The van der Waals surface area contributed by atoms with Gasteiger partial charge in [-0.15, -0.1) is 0 Å². The van der Waals surface area contributed by atoms with Gasteiger partial charge in [-0.05, 0) is 43.4 Å². The maximum absolute atomic E-state index is 5.47. The van der Waals surface area contributed by atoms with Crippen LogP contribution in [0.15, 0.2) is 29.3 Å². The van der Waals surface area contributed by atoms with Crippen molar-refractivity contribution in [2.24, 2.45) is 4.99 Å². The van der Waals surface area contributed by atoms with Crippen LogP contribution in [0.2, 0.25) is 0 Å². The van der Waals surface area contributed by atoms with Gasteiger partial charge in [-0.1, -0.05) is 25.0 Å². The van der Waals surface area contributed by atoms with Gasteiger partial charge in [0.25, 0.3) is 0 Å². The van der Waals surface area contributed by atoms with Crippen molar-refractivity contribution in [3.63, 3.8) is 0 Å². The Hall–Kier alpha value is -1.79. The third-order valence-corrected chi connectivity index (χ3v) is 6.60. The number of hydrogen-bond acceptors (Lipinski definition) is 4. The number of nitrogens with one attached hydrogen (secondary N) is 2. The van der Waals surface area contributed by atoms with Gasteiger partial charge in [0.1, 0.15) is 5.75 Å². The number of benzene rings is 1. The highest BCUT2D eigenvalue weighted by Crippen LogP contribution is 2.41. The molecule has 0 radical (unpaired) electrons. The number of aliphatic imine (C=N–C) groups is 1. The number of hydrogen-bond donors (Lipinski definition) is 2. The lowest BCUT2D eigenvalue weighted by atomic mass is 9.78. The summed E-state index contributed by atoms with van der Waals surface area (Å²) in [5.74, 6) is 1.87. The maximum Gasteiger partial charge on any atom is 0.191 e. The smallest absolute Gasteiger partial charge is 0.191 e. The lowest BCUT2D eigenvalue weighted by Crippen LogP contribution is -2.51. The Morgan fingerprint density at radius 2 is 1.97 bits per heavy atom. The summed E-state index contributed by atoms with van der Waals surface area (Å²) in [6.45, 7) is 4.98. The van der Waals surface area contributed by atoms with E-state index in [2.05, 4.69) is 38.7 Å². The van der Waals surface area contributed by atoms with E-state index in [1.54, 1.807) is 14.2 Å². The molecule has 1 aromatic rings. The second-order valence-electron chi connectivity index (χ2n) is 8.40. The molecule has 1 saturated heterocycles. The van der Waals surface area contributed by atoms with Crippen molar-refractivity contribution in [1.82, 2.24) is 15.5 Å². The minimum atomic E-state index is 0.162. The zero-order chi connectivity index (χ0) is 20.5. The van der Waals surface area contributed by atoms with Gasteiger partial charge in [0.2, 0.25) is 0 Å². The highest BCUT2D eigenvalue weighted by atomic mass is 16.5. The van der Waals surface area contributed by atoms with Crippen molar-refractivity contribution < 1.29 is 9.47 Å². The molecule has 2 fully saturated rings. The van der Waals surface area contributed by atoms with E-state index in [0.29, 0.717) is 6.04 Å². The number of ether oxygens (including phenoxy) is 2. The largest absolute Gasteiger partial charge is 0.497 e. The van der Waals surface area contributed by atoms with Gasteiger partial charge in [0.05, 0.1) is 13.7 Å². The molecule has 0 bridgehead atoms. The van der Waals surface area contributed by atoms with Crippen molar-refractivity contribution in [3.05, 3.63) is 29.8 Å². The van der Waals surface area contributed by atoms with Crippen LogP contribution in [-0.2, 0) is 10.2 Å². The molecule has 2 N–H and O–H groups in total. The topological polar surface area (TPSA) is 58.1 Å². The molecule has 6 heteroatoms. The van der Waals surface area contributed by atoms with Gasteiger partial charge >= 0.3 is 0 Å². The van der Waals surface area contributed by atoms with Crippen LogP contribution < -0.4 is 15.4 Å². The molecule has 0 unspecified atom stereocenters. The molecule has 1 heterocycles. The fraction of sp³-hybridized carbons (Fsp3) is 0.696. The first kappa shape index (κ1) is 21.9. The van der Waals surface area contributed by atoms with Crippen molar-refractivity contribution in [1.29, 1.82) is 0 Å². The molecule has 3 rings (SSSR count). The lowest BCUT2D eigenvalue weighted by molar-refractivity contribution is 0.128. The molecule has 0 aromatic heterocycles. The summed E-state index contributed by atoms with van der Waals surface area (Å²) in [4.78, 5) is 6.99. The van der Waals surface area contributed by atoms with E-state index >= 15 is 0 Å². The molecular weight excluding hydrogens is 364 g/mol. The summed E-state index contributed by atoms with van der Waals surface area (Å²) < 4.78 is 10.7. The highest BCUT2D eigenvalue weighted by Gasteiger charge is 2.36. The summed E-state index contributed by atoms with van der Waals surface area (Å²) in [6.07, 6.45) is 7.27. The monoisotopic (exact) mass is 402 g/mol. The van der Waals surface area contributed by atoms with Crippen LogP contribution in [0.4, 0.5) is 0 Å². The minimum Gasteiger partial charge on any atom is -0.497 e. The van der Waals surface area contributed by atoms with Crippen LogP contribution in [0, 0.1) is 0 Å². The maximum atomic E-state index is 5.47. The van der Waals surface area contributed by atoms with E-state index in [1.807, 2.05) is 13.1 Å². The fourth-order valence-corrected chi connectivity index (χ4v) is 4.73. The normalized spacial score (nSPS) is 20.6. The number of piperidine rings is 1. The van der Waals surface area contributed by atoms with Crippen LogP contribution in [-0.4, -0.2) is 71.0 Å². The average molecular weight is 403 g/mol. The SMILES string of the molecule is CN=C(NCC1(c2cccc(OC)c2)CCCC1)NC1CCN(CCOC)CC1. The third kappa shape index (κ3) is 5.86. The van der Waals surface area contributed by atoms with E-state index < -0.39 is 0 Å². The molecule has 29 heavy (non-hydrogen) atoms. The summed E-state index contributed by atoms with van der Waals surface area (Å²) in [6, 6.07) is 9.08. The van der Waals surface area contributed by atoms with E-state index in [0.717, 1.165) is 57.3 Å². The Morgan fingerprint density at radius 1 is 1.21 bits per heavy atom. The fourth-order valence-electron chi connectivity index (χ4n) is 4.73. The molecule has 162 valence electrons. The van der Waals surface area contributed by atoms with Gasteiger partial charge in [-0.2, -0.15) is 0 Å². The first-order valence-corrected chi connectivity index (χ1v) is 11.0. The Labute approximate surface area is 176 Å². The first-order valence-electron chi connectivity index (χ1n) is 11.0. The van der Waals surface area contributed by atoms with E-state index in [4.69, 9.17) is 9.47 Å². The van der Waals surface area contributed by atoms with Gasteiger partial charge in [0, 0.05) is 51.8 Å². The zero-order valence-electron chi connectivity index (χ0n) is 18.4. The second-order valence-corrected chi connectivity index (χ2v) is 8.40. The number of methoxy groups -OCH3 is 2. The van der Waals surface area contributed by atoms with E-state index in [1.165, 1.54) is 31.2 Å². The Bertz CT molecular complexity index is 650. The summed E-state index contributed by atoms with van der Waals surface area (Å²) >= 11 is 0. The van der Waals surface area contributed by atoms with E-state index in [9.17, 15) is 0 Å².